The predicted octanol–water partition coefficient (Wildman–Crippen LogP) is 2.21. The highest BCUT2D eigenvalue weighted by Crippen LogP contribution is 2.11. The second-order valence-electron chi connectivity index (χ2n) is 3.82. The van der Waals surface area contributed by atoms with Gasteiger partial charge in [0.15, 0.2) is 5.69 Å². The van der Waals surface area contributed by atoms with Gasteiger partial charge in [-0.25, -0.2) is 0 Å². The van der Waals surface area contributed by atoms with Crippen molar-refractivity contribution in [1.29, 1.82) is 0 Å². The van der Waals surface area contributed by atoms with Gasteiger partial charge < -0.3 is 9.84 Å². The smallest absolute Gasteiger partial charge is 0.273 e. The van der Waals surface area contributed by atoms with Gasteiger partial charge in [-0.1, -0.05) is 34.9 Å². The molecule has 1 rings (SSSR count). The van der Waals surface area contributed by atoms with Gasteiger partial charge in [0.05, 0.1) is 0 Å². The largest absolute Gasteiger partial charge is 0.364 e. The summed E-state index contributed by atoms with van der Waals surface area (Å²) in [6, 6.07) is 1.54. The van der Waals surface area contributed by atoms with Gasteiger partial charge in [-0.05, 0) is 12.3 Å². The van der Waals surface area contributed by atoms with Crippen LogP contribution in [0.2, 0.25) is 0 Å². The molecular weight excluding hydrogens is 260 g/mol. The van der Waals surface area contributed by atoms with E-state index in [1.54, 1.807) is 6.07 Å². The van der Waals surface area contributed by atoms with Gasteiger partial charge in [0, 0.05) is 17.4 Å². The summed E-state index contributed by atoms with van der Waals surface area (Å²) in [6.45, 7) is 4.89. The number of carbonyl (C=O) groups is 1. The summed E-state index contributed by atoms with van der Waals surface area (Å²) in [7, 11) is 0. The van der Waals surface area contributed by atoms with Gasteiger partial charge in [0.1, 0.15) is 6.26 Å². The monoisotopic (exact) mass is 274 g/mol. The number of hydrogen-bond acceptors (Lipinski definition) is 3. The molecule has 0 saturated heterocycles. The first-order valence-electron chi connectivity index (χ1n) is 4.92. The average molecular weight is 275 g/mol. The molecule has 0 radical (unpaired) electrons. The van der Waals surface area contributed by atoms with Crippen molar-refractivity contribution in [1.82, 2.24) is 10.5 Å². The Bertz CT molecular complexity index is 298. The summed E-state index contributed by atoms with van der Waals surface area (Å²) in [5, 5.41) is 6.33. The highest BCUT2D eigenvalue weighted by molar-refractivity contribution is 9.09. The Morgan fingerprint density at radius 1 is 1.67 bits per heavy atom. The van der Waals surface area contributed by atoms with E-state index in [1.807, 2.05) is 0 Å². The van der Waals surface area contributed by atoms with Crippen molar-refractivity contribution in [3.05, 3.63) is 18.0 Å². The van der Waals surface area contributed by atoms with Crippen LogP contribution in [0.15, 0.2) is 16.9 Å². The van der Waals surface area contributed by atoms with Gasteiger partial charge in [-0.3, -0.25) is 4.79 Å². The van der Waals surface area contributed by atoms with E-state index >= 15 is 0 Å². The van der Waals surface area contributed by atoms with E-state index in [0.717, 1.165) is 6.42 Å². The zero-order valence-electron chi connectivity index (χ0n) is 8.87. The van der Waals surface area contributed by atoms with E-state index < -0.39 is 0 Å². The normalized spacial score (nSPS) is 12.8. The molecule has 0 saturated carbocycles. The maximum absolute atomic E-state index is 11.4. The number of carbonyl (C=O) groups excluding carboxylic acids is 1. The number of rotatable bonds is 5. The molecule has 0 bridgehead atoms. The Morgan fingerprint density at radius 3 is 2.93 bits per heavy atom. The minimum Gasteiger partial charge on any atom is -0.364 e. The lowest BCUT2D eigenvalue weighted by Crippen LogP contribution is -2.30. The van der Waals surface area contributed by atoms with Crippen molar-refractivity contribution in [3.63, 3.8) is 0 Å². The summed E-state index contributed by atoms with van der Waals surface area (Å²) < 4.78 is 4.58. The Hall–Kier alpha value is -0.840. The fourth-order valence-electron chi connectivity index (χ4n) is 1.22. The second-order valence-corrected chi connectivity index (χ2v) is 5.12. The number of hydrogen-bond donors (Lipinski definition) is 1. The number of amides is 1. The van der Waals surface area contributed by atoms with Crippen LogP contribution >= 0.6 is 15.9 Å². The van der Waals surface area contributed by atoms with Gasteiger partial charge in [0.25, 0.3) is 5.91 Å². The topological polar surface area (TPSA) is 55.1 Å². The molecule has 0 aromatic carbocycles. The molecule has 84 valence electrons. The van der Waals surface area contributed by atoms with Gasteiger partial charge in [-0.15, -0.1) is 0 Å². The fraction of sp³-hybridized carbons (Fsp3) is 0.600. The lowest BCUT2D eigenvalue weighted by Gasteiger charge is -2.12. The highest BCUT2D eigenvalue weighted by Gasteiger charge is 2.11. The van der Waals surface area contributed by atoms with E-state index in [2.05, 4.69) is 44.8 Å². The summed E-state index contributed by atoms with van der Waals surface area (Å²) in [4.78, 5) is 11.7. The molecule has 0 aliphatic rings. The molecule has 1 heterocycles. The summed E-state index contributed by atoms with van der Waals surface area (Å²) in [6.07, 6.45) is 2.41. The van der Waals surface area contributed by atoms with Gasteiger partial charge >= 0.3 is 0 Å². The molecule has 15 heavy (non-hydrogen) atoms. The van der Waals surface area contributed by atoms with Crippen LogP contribution in [-0.2, 0) is 0 Å². The predicted molar refractivity (Wildman–Crippen MR) is 61.0 cm³/mol. The molecule has 5 heteroatoms. The quantitative estimate of drug-likeness (QED) is 0.838. The Balaban J connectivity index is 2.28. The molecule has 0 aliphatic heterocycles. The third kappa shape index (κ3) is 4.46. The SMILES string of the molecule is CC(C)CC(Br)CNC(=O)c1ccon1. The first-order valence-corrected chi connectivity index (χ1v) is 5.83. The molecule has 1 aromatic rings. The van der Waals surface area contributed by atoms with Crippen LogP contribution in [0.3, 0.4) is 0 Å². The van der Waals surface area contributed by atoms with E-state index in [4.69, 9.17) is 0 Å². The van der Waals surface area contributed by atoms with Crippen molar-refractivity contribution in [3.8, 4) is 0 Å². The van der Waals surface area contributed by atoms with Crippen molar-refractivity contribution in [2.45, 2.75) is 25.1 Å². The number of alkyl halides is 1. The van der Waals surface area contributed by atoms with E-state index in [0.29, 0.717) is 23.0 Å². The maximum Gasteiger partial charge on any atom is 0.273 e. The van der Waals surface area contributed by atoms with Crippen LogP contribution in [0, 0.1) is 5.92 Å². The molecule has 1 atom stereocenters. The summed E-state index contributed by atoms with van der Waals surface area (Å²) in [5.74, 6) is 0.412. The van der Waals surface area contributed by atoms with Crippen LogP contribution in [0.1, 0.15) is 30.8 Å². The van der Waals surface area contributed by atoms with Crippen LogP contribution in [-0.4, -0.2) is 22.4 Å². The third-order valence-electron chi connectivity index (χ3n) is 1.88. The van der Waals surface area contributed by atoms with Crippen molar-refractivity contribution in [2.24, 2.45) is 5.92 Å². The average Bonchev–Trinajstić information content (AvgIpc) is 2.65. The van der Waals surface area contributed by atoms with Gasteiger partial charge in [0.2, 0.25) is 0 Å². The molecular formula is C10H15BrN2O2. The van der Waals surface area contributed by atoms with Crippen molar-refractivity contribution >= 4 is 21.8 Å². The van der Waals surface area contributed by atoms with E-state index in [1.165, 1.54) is 6.26 Å². The lowest BCUT2D eigenvalue weighted by atomic mass is 10.1. The second kappa shape index (κ2) is 5.90. The lowest BCUT2D eigenvalue weighted by molar-refractivity contribution is 0.0944. The minimum absolute atomic E-state index is 0.197. The first kappa shape index (κ1) is 12.2. The van der Waals surface area contributed by atoms with Crippen LogP contribution in [0.4, 0.5) is 0 Å². The molecule has 0 aliphatic carbocycles. The molecule has 1 unspecified atom stereocenters. The van der Waals surface area contributed by atoms with Crippen LogP contribution in [0.25, 0.3) is 0 Å². The number of halogens is 1. The molecule has 1 aromatic heterocycles. The number of nitrogens with zero attached hydrogens (tertiary/aromatic N) is 1. The standard InChI is InChI=1S/C10H15BrN2O2/c1-7(2)5-8(11)6-12-10(14)9-3-4-15-13-9/h3-4,7-8H,5-6H2,1-2H3,(H,12,14). The van der Waals surface area contributed by atoms with Gasteiger partial charge in [-0.2, -0.15) is 0 Å². The molecule has 0 spiro atoms. The summed E-state index contributed by atoms with van der Waals surface area (Å²) in [5.41, 5.74) is 0.319. The number of aromatic nitrogens is 1. The molecule has 4 nitrogen and oxygen atoms in total. The van der Waals surface area contributed by atoms with Crippen molar-refractivity contribution in [2.75, 3.05) is 6.54 Å². The first-order chi connectivity index (χ1) is 7.09. The van der Waals surface area contributed by atoms with E-state index in [-0.39, 0.29) is 5.91 Å². The maximum atomic E-state index is 11.4. The highest BCUT2D eigenvalue weighted by atomic mass is 79.9. The Labute approximate surface area is 97.5 Å². The Morgan fingerprint density at radius 2 is 2.40 bits per heavy atom. The van der Waals surface area contributed by atoms with E-state index in [9.17, 15) is 4.79 Å². The zero-order chi connectivity index (χ0) is 11.3. The van der Waals surface area contributed by atoms with Crippen LogP contribution < -0.4 is 5.32 Å². The Kier molecular flexibility index (Phi) is 4.81. The van der Waals surface area contributed by atoms with Crippen LogP contribution in [0.5, 0.6) is 0 Å². The third-order valence-corrected chi connectivity index (χ3v) is 2.58. The summed E-state index contributed by atoms with van der Waals surface area (Å²) >= 11 is 3.51. The minimum atomic E-state index is -0.197. The molecule has 1 amide bonds. The number of nitrogens with one attached hydrogen (secondary N) is 1. The van der Waals surface area contributed by atoms with Crippen molar-refractivity contribution < 1.29 is 9.32 Å². The zero-order valence-corrected chi connectivity index (χ0v) is 10.5. The molecule has 0 fully saturated rings. The molecule has 1 N–H and O–H groups in total. The fourth-order valence-corrected chi connectivity index (χ4v) is 2.13.